The highest BCUT2D eigenvalue weighted by Crippen LogP contribution is 2.61. The number of rotatable bonds is 3. The standard InChI is InChI=1S/C18H19BrN2/c19-12-6-7-13(21-10-12)9-16(20)18-15-8-5-11-3-1-2-4-14(11)17(15)18/h1-4,6-7,10,15-18H,5,8-9,20H2. The molecule has 4 atom stereocenters. The van der Waals surface area contributed by atoms with Crippen molar-refractivity contribution in [2.75, 3.05) is 0 Å². The Morgan fingerprint density at radius 3 is 2.90 bits per heavy atom. The average Bonchev–Trinajstić information content (AvgIpc) is 3.25. The van der Waals surface area contributed by atoms with Crippen molar-refractivity contribution in [1.82, 2.24) is 4.98 Å². The molecule has 108 valence electrons. The minimum atomic E-state index is 0.222. The lowest BCUT2D eigenvalue weighted by Gasteiger charge is -2.13. The van der Waals surface area contributed by atoms with E-state index < -0.39 is 0 Å². The van der Waals surface area contributed by atoms with Crippen molar-refractivity contribution in [3.63, 3.8) is 0 Å². The second-order valence-corrected chi connectivity index (χ2v) is 7.26. The number of nitrogens with zero attached hydrogens (tertiary/aromatic N) is 1. The molecule has 0 bridgehead atoms. The summed E-state index contributed by atoms with van der Waals surface area (Å²) in [5, 5.41) is 0. The van der Waals surface area contributed by atoms with Crippen molar-refractivity contribution in [2.45, 2.75) is 31.2 Å². The van der Waals surface area contributed by atoms with E-state index >= 15 is 0 Å². The van der Waals surface area contributed by atoms with Gasteiger partial charge in [0.05, 0.1) is 0 Å². The maximum absolute atomic E-state index is 6.51. The predicted octanol–water partition coefficient (Wildman–Crippen LogP) is 3.69. The van der Waals surface area contributed by atoms with Crippen molar-refractivity contribution in [3.8, 4) is 0 Å². The SMILES string of the molecule is NC(Cc1ccc(Br)cn1)C1C2CCc3ccccc3C21. The fourth-order valence-electron chi connectivity index (χ4n) is 4.11. The first-order chi connectivity index (χ1) is 10.2. The van der Waals surface area contributed by atoms with Crippen LogP contribution < -0.4 is 5.73 Å². The molecule has 0 amide bonds. The van der Waals surface area contributed by atoms with Crippen LogP contribution >= 0.6 is 15.9 Å². The second-order valence-electron chi connectivity index (χ2n) is 6.34. The number of halogens is 1. The highest BCUT2D eigenvalue weighted by atomic mass is 79.9. The first-order valence-electron chi connectivity index (χ1n) is 7.68. The Balaban J connectivity index is 1.50. The summed E-state index contributed by atoms with van der Waals surface area (Å²) in [7, 11) is 0. The molecule has 2 aliphatic carbocycles. The molecule has 3 heteroatoms. The molecule has 2 aliphatic rings. The van der Waals surface area contributed by atoms with Gasteiger partial charge in [0.15, 0.2) is 0 Å². The molecule has 2 nitrogen and oxygen atoms in total. The third kappa shape index (κ3) is 2.43. The first kappa shape index (κ1) is 13.5. The summed E-state index contributed by atoms with van der Waals surface area (Å²) in [6.07, 6.45) is 5.26. The van der Waals surface area contributed by atoms with E-state index in [0.717, 1.165) is 22.5 Å². The van der Waals surface area contributed by atoms with E-state index in [1.807, 2.05) is 12.3 Å². The van der Waals surface area contributed by atoms with Crippen LogP contribution in [0.1, 0.15) is 29.2 Å². The molecular formula is C18H19BrN2. The fourth-order valence-corrected chi connectivity index (χ4v) is 4.34. The number of nitrogens with two attached hydrogens (primary N) is 1. The van der Waals surface area contributed by atoms with Crippen LogP contribution in [0.4, 0.5) is 0 Å². The number of hydrogen-bond acceptors (Lipinski definition) is 2. The van der Waals surface area contributed by atoms with Gasteiger partial charge in [0, 0.05) is 28.8 Å². The summed E-state index contributed by atoms with van der Waals surface area (Å²) in [6, 6.07) is 13.2. The normalized spacial score (nSPS) is 27.6. The molecule has 1 fully saturated rings. The van der Waals surface area contributed by atoms with Crippen molar-refractivity contribution < 1.29 is 0 Å². The smallest absolute Gasteiger partial charge is 0.0420 e. The van der Waals surface area contributed by atoms with Crippen LogP contribution in [0.5, 0.6) is 0 Å². The van der Waals surface area contributed by atoms with Crippen LogP contribution in [0, 0.1) is 11.8 Å². The highest BCUT2D eigenvalue weighted by molar-refractivity contribution is 9.10. The zero-order chi connectivity index (χ0) is 14.4. The Bertz CT molecular complexity index is 653. The van der Waals surface area contributed by atoms with Gasteiger partial charge < -0.3 is 5.73 Å². The van der Waals surface area contributed by atoms with Crippen LogP contribution in [-0.2, 0) is 12.8 Å². The summed E-state index contributed by atoms with van der Waals surface area (Å²) < 4.78 is 1.02. The third-order valence-electron chi connectivity index (χ3n) is 5.12. The molecule has 1 aromatic carbocycles. The Morgan fingerprint density at radius 1 is 1.24 bits per heavy atom. The molecular weight excluding hydrogens is 324 g/mol. The van der Waals surface area contributed by atoms with Crippen molar-refractivity contribution in [2.24, 2.45) is 17.6 Å². The maximum atomic E-state index is 6.51. The van der Waals surface area contributed by atoms with Crippen molar-refractivity contribution in [3.05, 3.63) is 63.9 Å². The van der Waals surface area contributed by atoms with E-state index in [9.17, 15) is 0 Å². The topological polar surface area (TPSA) is 38.9 Å². The van der Waals surface area contributed by atoms with Crippen LogP contribution in [0.15, 0.2) is 47.1 Å². The van der Waals surface area contributed by atoms with Gasteiger partial charge in [0.1, 0.15) is 0 Å². The minimum Gasteiger partial charge on any atom is -0.327 e. The first-order valence-corrected chi connectivity index (χ1v) is 8.47. The number of benzene rings is 1. The van der Waals surface area contributed by atoms with E-state index in [1.165, 1.54) is 18.4 Å². The Labute approximate surface area is 133 Å². The van der Waals surface area contributed by atoms with E-state index in [2.05, 4.69) is 51.2 Å². The molecule has 1 heterocycles. The van der Waals surface area contributed by atoms with Crippen LogP contribution in [-0.4, -0.2) is 11.0 Å². The summed E-state index contributed by atoms with van der Waals surface area (Å²) in [6.45, 7) is 0. The molecule has 0 spiro atoms. The van der Waals surface area contributed by atoms with E-state index in [1.54, 1.807) is 5.56 Å². The number of pyridine rings is 1. The highest BCUT2D eigenvalue weighted by Gasteiger charge is 2.55. The van der Waals surface area contributed by atoms with E-state index in [0.29, 0.717) is 11.8 Å². The fraction of sp³-hybridized carbons (Fsp3) is 0.389. The van der Waals surface area contributed by atoms with Gasteiger partial charge in [-0.2, -0.15) is 0 Å². The van der Waals surface area contributed by atoms with Gasteiger partial charge >= 0.3 is 0 Å². The molecule has 2 aromatic rings. The van der Waals surface area contributed by atoms with Gasteiger partial charge in [0.2, 0.25) is 0 Å². The predicted molar refractivity (Wildman–Crippen MR) is 88.1 cm³/mol. The number of fused-ring (bicyclic) bond motifs is 3. The van der Waals surface area contributed by atoms with Gasteiger partial charge in [-0.05, 0) is 69.8 Å². The van der Waals surface area contributed by atoms with Gasteiger partial charge in [-0.3, -0.25) is 4.98 Å². The second kappa shape index (κ2) is 5.22. The van der Waals surface area contributed by atoms with Crippen LogP contribution in [0.3, 0.4) is 0 Å². The number of aryl methyl sites for hydroxylation is 1. The summed E-state index contributed by atoms with van der Waals surface area (Å²) in [5.74, 6) is 2.13. The molecule has 1 saturated carbocycles. The Kier molecular flexibility index (Phi) is 3.35. The zero-order valence-corrected chi connectivity index (χ0v) is 13.5. The molecule has 4 rings (SSSR count). The number of hydrogen-bond donors (Lipinski definition) is 1. The Hall–Kier alpha value is -1.19. The van der Waals surface area contributed by atoms with Gasteiger partial charge in [-0.25, -0.2) is 0 Å². The van der Waals surface area contributed by atoms with Crippen molar-refractivity contribution >= 4 is 15.9 Å². The zero-order valence-electron chi connectivity index (χ0n) is 11.9. The summed E-state index contributed by atoms with van der Waals surface area (Å²) >= 11 is 3.43. The lowest BCUT2D eigenvalue weighted by atomic mass is 9.92. The van der Waals surface area contributed by atoms with Crippen molar-refractivity contribution in [1.29, 1.82) is 0 Å². The van der Waals surface area contributed by atoms with E-state index in [4.69, 9.17) is 5.73 Å². The van der Waals surface area contributed by atoms with Crippen LogP contribution in [0.25, 0.3) is 0 Å². The average molecular weight is 343 g/mol. The summed E-state index contributed by atoms with van der Waals surface area (Å²) in [4.78, 5) is 4.46. The van der Waals surface area contributed by atoms with Crippen LogP contribution in [0.2, 0.25) is 0 Å². The maximum Gasteiger partial charge on any atom is 0.0420 e. The molecule has 0 radical (unpaired) electrons. The van der Waals surface area contributed by atoms with Gasteiger partial charge in [-0.1, -0.05) is 24.3 Å². The quantitative estimate of drug-likeness (QED) is 0.923. The number of aromatic nitrogens is 1. The van der Waals surface area contributed by atoms with Gasteiger partial charge in [0.25, 0.3) is 0 Å². The minimum absolute atomic E-state index is 0.222. The summed E-state index contributed by atoms with van der Waals surface area (Å²) in [5.41, 5.74) is 10.7. The molecule has 21 heavy (non-hydrogen) atoms. The Morgan fingerprint density at radius 2 is 2.10 bits per heavy atom. The molecule has 1 aromatic heterocycles. The third-order valence-corrected chi connectivity index (χ3v) is 5.59. The molecule has 4 unspecified atom stereocenters. The van der Waals surface area contributed by atoms with Gasteiger partial charge in [-0.15, -0.1) is 0 Å². The lowest BCUT2D eigenvalue weighted by molar-refractivity contribution is 0.527. The largest absolute Gasteiger partial charge is 0.327 e. The molecule has 2 N–H and O–H groups in total. The lowest BCUT2D eigenvalue weighted by Crippen LogP contribution is -2.27. The molecule has 0 aliphatic heterocycles. The monoisotopic (exact) mass is 342 g/mol. The van der Waals surface area contributed by atoms with E-state index in [-0.39, 0.29) is 6.04 Å². The molecule has 0 saturated heterocycles.